The lowest BCUT2D eigenvalue weighted by molar-refractivity contribution is -0.154. The number of ether oxygens (including phenoxy) is 2. The molecule has 154 valence electrons. The average Bonchev–Trinajstić information content (AvgIpc) is 2.85. The second-order valence-electron chi connectivity index (χ2n) is 8.14. The van der Waals surface area contributed by atoms with Crippen molar-refractivity contribution in [2.75, 3.05) is 6.54 Å². The zero-order valence-electron chi connectivity index (χ0n) is 16.6. The van der Waals surface area contributed by atoms with E-state index < -0.39 is 35.2 Å². The molecule has 1 heterocycles. The van der Waals surface area contributed by atoms with Gasteiger partial charge in [0.15, 0.2) is 0 Å². The fraction of sp³-hybridized carbons (Fsp3) is 0.765. The van der Waals surface area contributed by atoms with Crippen LogP contribution in [0.3, 0.4) is 0 Å². The van der Waals surface area contributed by atoms with Gasteiger partial charge in [0.2, 0.25) is 5.91 Å². The Kier molecular flexibility index (Phi) is 8.06. The van der Waals surface area contributed by atoms with Gasteiger partial charge in [-0.25, -0.2) is 4.79 Å². The first-order valence-corrected chi connectivity index (χ1v) is 9.42. The van der Waals surface area contributed by atoms with Gasteiger partial charge in [-0.05, 0) is 57.5 Å². The lowest BCUT2D eigenvalue weighted by Gasteiger charge is -2.24. The predicted octanol–water partition coefficient (Wildman–Crippen LogP) is 2.22. The Morgan fingerprint density at radius 2 is 1.78 bits per heavy atom. The zero-order chi connectivity index (χ0) is 20.8. The molecule has 27 heavy (non-hydrogen) atoms. The van der Waals surface area contributed by atoms with Crippen molar-refractivity contribution in [1.82, 2.24) is 10.6 Å². The summed E-state index contributed by atoms with van der Waals surface area (Å²) in [5, 5.41) is 8.75. The Balaban J connectivity index is 2.67. The van der Waals surface area contributed by atoms with Gasteiger partial charge in [-0.3, -0.25) is 9.59 Å². The summed E-state index contributed by atoms with van der Waals surface area (Å²) in [6.07, 6.45) is -0.478. The van der Waals surface area contributed by atoms with Crippen LogP contribution in [0.1, 0.15) is 54.4 Å². The van der Waals surface area contributed by atoms with Gasteiger partial charge in [0.25, 0.3) is 0 Å². The molecule has 0 aromatic carbocycles. The summed E-state index contributed by atoms with van der Waals surface area (Å²) in [5.74, 6) is -1.12. The molecule has 0 saturated heterocycles. The van der Waals surface area contributed by atoms with Crippen LogP contribution in [0.15, 0.2) is 5.16 Å². The molecule has 0 aromatic heterocycles. The van der Waals surface area contributed by atoms with Gasteiger partial charge in [-0.2, -0.15) is 0 Å². The van der Waals surface area contributed by atoms with Crippen LogP contribution >= 0.6 is 15.9 Å². The molecule has 0 aromatic rings. The largest absolute Gasteiger partial charge is 0.459 e. The van der Waals surface area contributed by atoms with E-state index in [1.807, 2.05) is 0 Å². The topological polar surface area (TPSA) is 115 Å². The minimum atomic E-state index is -0.958. The van der Waals surface area contributed by atoms with E-state index in [-0.39, 0.29) is 19.1 Å². The first kappa shape index (κ1) is 23.2. The highest BCUT2D eigenvalue weighted by Gasteiger charge is 2.31. The van der Waals surface area contributed by atoms with Crippen molar-refractivity contribution in [2.45, 2.75) is 77.7 Å². The third-order valence-corrected chi connectivity index (χ3v) is 3.50. The number of alkyl carbamates (subject to hydrolysis) is 1. The normalized spacial score (nSPS) is 18.0. The van der Waals surface area contributed by atoms with Gasteiger partial charge >= 0.3 is 12.1 Å². The second-order valence-corrected chi connectivity index (χ2v) is 9.05. The van der Waals surface area contributed by atoms with Gasteiger partial charge in [0.1, 0.15) is 34.5 Å². The van der Waals surface area contributed by atoms with E-state index in [0.29, 0.717) is 11.0 Å². The molecule has 1 rings (SSSR count). The number of nitrogens with one attached hydrogen (secondary N) is 2. The van der Waals surface area contributed by atoms with Crippen molar-refractivity contribution in [3.8, 4) is 0 Å². The minimum Gasteiger partial charge on any atom is -0.459 e. The molecule has 0 bridgehead atoms. The molecule has 1 aliphatic rings. The maximum absolute atomic E-state index is 12.5. The van der Waals surface area contributed by atoms with Crippen LogP contribution in [0.2, 0.25) is 0 Å². The highest BCUT2D eigenvalue weighted by molar-refractivity contribution is 9.18. The van der Waals surface area contributed by atoms with Crippen LogP contribution in [-0.4, -0.2) is 52.5 Å². The van der Waals surface area contributed by atoms with Gasteiger partial charge in [-0.1, -0.05) is 5.16 Å². The SMILES string of the molecule is CC(C)(C)OC(=O)CNC(=O)C(CC1CC(Br)=NO1)NC(=O)OC(C)(C)C. The van der Waals surface area contributed by atoms with Crippen LogP contribution in [0.5, 0.6) is 0 Å². The maximum Gasteiger partial charge on any atom is 0.408 e. The van der Waals surface area contributed by atoms with Crippen LogP contribution < -0.4 is 10.6 Å². The monoisotopic (exact) mass is 449 g/mol. The fourth-order valence-electron chi connectivity index (χ4n) is 2.12. The third kappa shape index (κ3) is 10.2. The van der Waals surface area contributed by atoms with E-state index in [9.17, 15) is 14.4 Å². The molecule has 0 aliphatic carbocycles. The van der Waals surface area contributed by atoms with E-state index in [1.54, 1.807) is 41.5 Å². The van der Waals surface area contributed by atoms with Crippen LogP contribution in [0.4, 0.5) is 4.79 Å². The predicted molar refractivity (Wildman–Crippen MR) is 102 cm³/mol. The molecule has 0 fully saturated rings. The van der Waals surface area contributed by atoms with Crippen LogP contribution in [0.25, 0.3) is 0 Å². The number of carbonyl (C=O) groups is 3. The van der Waals surface area contributed by atoms with Gasteiger partial charge in [0.05, 0.1) is 0 Å². The lowest BCUT2D eigenvalue weighted by Crippen LogP contribution is -2.50. The number of hydrogen-bond acceptors (Lipinski definition) is 7. The molecule has 0 spiro atoms. The van der Waals surface area contributed by atoms with Crippen molar-refractivity contribution in [1.29, 1.82) is 0 Å². The van der Waals surface area contributed by atoms with E-state index in [0.717, 1.165) is 0 Å². The van der Waals surface area contributed by atoms with Crippen molar-refractivity contribution >= 4 is 38.5 Å². The number of halogens is 1. The Morgan fingerprint density at radius 1 is 1.19 bits per heavy atom. The Morgan fingerprint density at radius 3 is 2.26 bits per heavy atom. The molecule has 10 heteroatoms. The number of hydrogen-bond donors (Lipinski definition) is 2. The molecule has 0 radical (unpaired) electrons. The third-order valence-electron chi connectivity index (χ3n) is 3.03. The van der Waals surface area contributed by atoms with Crippen molar-refractivity contribution in [3.05, 3.63) is 0 Å². The summed E-state index contributed by atoms with van der Waals surface area (Å²) in [6, 6.07) is -0.958. The van der Waals surface area contributed by atoms with Gasteiger partial charge < -0.3 is 24.9 Å². The first-order valence-electron chi connectivity index (χ1n) is 8.62. The number of esters is 1. The molecular formula is C17H28BrN3O6. The molecule has 0 saturated carbocycles. The smallest absolute Gasteiger partial charge is 0.408 e. The van der Waals surface area contributed by atoms with E-state index in [2.05, 4.69) is 31.7 Å². The number of rotatable bonds is 6. The Labute approximate surface area is 167 Å². The molecule has 1 aliphatic heterocycles. The Hall–Kier alpha value is -1.84. The number of carbonyl (C=O) groups excluding carboxylic acids is 3. The lowest BCUT2D eigenvalue weighted by atomic mass is 10.1. The molecule has 2 amide bonds. The van der Waals surface area contributed by atoms with Crippen LogP contribution in [-0.2, 0) is 23.9 Å². The minimum absolute atomic E-state index is 0.165. The molecule has 2 unspecified atom stereocenters. The fourth-order valence-corrected chi connectivity index (χ4v) is 2.57. The summed E-state index contributed by atoms with van der Waals surface area (Å²) in [5.41, 5.74) is -1.37. The molecule has 2 atom stereocenters. The summed E-state index contributed by atoms with van der Waals surface area (Å²) in [7, 11) is 0. The van der Waals surface area contributed by atoms with Crippen molar-refractivity contribution < 1.29 is 28.7 Å². The summed E-state index contributed by atoms with van der Waals surface area (Å²) in [6.45, 7) is 10.0. The quantitative estimate of drug-likeness (QED) is 0.600. The highest BCUT2D eigenvalue weighted by atomic mass is 79.9. The van der Waals surface area contributed by atoms with Crippen molar-refractivity contribution in [3.63, 3.8) is 0 Å². The molecule has 2 N–H and O–H groups in total. The highest BCUT2D eigenvalue weighted by Crippen LogP contribution is 2.19. The van der Waals surface area contributed by atoms with Crippen molar-refractivity contribution in [2.24, 2.45) is 5.16 Å². The zero-order valence-corrected chi connectivity index (χ0v) is 18.1. The summed E-state index contributed by atoms with van der Waals surface area (Å²) < 4.78 is 11.0. The first-order chi connectivity index (χ1) is 12.2. The standard InChI is InChI=1S/C17H28BrN3O6/c1-16(2,3)25-13(22)9-19-14(23)11(7-10-8-12(18)21-27-10)20-15(24)26-17(4,5)6/h10-11H,7-9H2,1-6H3,(H,19,23)(H,20,24). The average molecular weight is 450 g/mol. The maximum atomic E-state index is 12.5. The Bertz CT molecular complexity index is 594. The van der Waals surface area contributed by atoms with Gasteiger partial charge in [-0.15, -0.1) is 0 Å². The van der Waals surface area contributed by atoms with Gasteiger partial charge in [0, 0.05) is 12.8 Å². The van der Waals surface area contributed by atoms with E-state index >= 15 is 0 Å². The number of nitrogens with zero attached hydrogens (tertiary/aromatic N) is 1. The van der Waals surface area contributed by atoms with E-state index in [4.69, 9.17) is 14.3 Å². The summed E-state index contributed by atoms with van der Waals surface area (Å²) >= 11 is 3.23. The van der Waals surface area contributed by atoms with Crippen LogP contribution in [0, 0.1) is 0 Å². The summed E-state index contributed by atoms with van der Waals surface area (Å²) in [4.78, 5) is 41.5. The second kappa shape index (κ2) is 9.38. The number of amides is 2. The van der Waals surface area contributed by atoms with E-state index in [1.165, 1.54) is 0 Å². The molecule has 9 nitrogen and oxygen atoms in total. The number of oxime groups is 1. The molecular weight excluding hydrogens is 422 g/mol.